The quantitative estimate of drug-likeness (QED) is 0.444. The van der Waals surface area contributed by atoms with Crippen LogP contribution < -0.4 is 0 Å². The molecule has 2 nitrogen and oxygen atoms in total. The summed E-state index contributed by atoms with van der Waals surface area (Å²) in [6, 6.07) is 0. The largest absolute Gasteiger partial charge is 0.356 e. The number of nitrogens with zero attached hydrogens (tertiary/aromatic N) is 2. The van der Waals surface area contributed by atoms with Gasteiger partial charge in [-0.25, -0.2) is 0 Å². The fraction of sp³-hybridized carbons (Fsp3) is 0.889. The van der Waals surface area contributed by atoms with Crippen molar-refractivity contribution in [2.45, 2.75) is 91.1 Å². The standard InChI is InChI=1S/C18H36N2/c1-4-7-9-10-11-12-15-20-17-16-19(14-8-5-2)18(20)13-6-3/h16-18H,4-15H2,1-3H3. The molecule has 0 N–H and O–H groups in total. The molecular weight excluding hydrogens is 244 g/mol. The lowest BCUT2D eigenvalue weighted by Crippen LogP contribution is -2.39. The van der Waals surface area contributed by atoms with Crippen LogP contribution in [0.25, 0.3) is 0 Å². The summed E-state index contributed by atoms with van der Waals surface area (Å²) in [7, 11) is 0. The lowest BCUT2D eigenvalue weighted by molar-refractivity contribution is 0.138. The van der Waals surface area contributed by atoms with Gasteiger partial charge in [-0.1, -0.05) is 65.7 Å². The van der Waals surface area contributed by atoms with Gasteiger partial charge < -0.3 is 9.80 Å². The zero-order valence-electron chi connectivity index (χ0n) is 14.1. The molecule has 0 aromatic heterocycles. The third-order valence-corrected chi connectivity index (χ3v) is 4.30. The van der Waals surface area contributed by atoms with Gasteiger partial charge in [0.2, 0.25) is 0 Å². The SMILES string of the molecule is CCCCCCCCN1C=CN(CCCC)C1CCC. The van der Waals surface area contributed by atoms with E-state index < -0.39 is 0 Å². The molecule has 118 valence electrons. The average molecular weight is 281 g/mol. The second-order valence-corrected chi connectivity index (χ2v) is 6.16. The smallest absolute Gasteiger partial charge is 0.101 e. The topological polar surface area (TPSA) is 6.48 Å². The van der Waals surface area contributed by atoms with Crippen LogP contribution in [0.2, 0.25) is 0 Å². The first-order valence-corrected chi connectivity index (χ1v) is 9.03. The summed E-state index contributed by atoms with van der Waals surface area (Å²) in [6.07, 6.45) is 18.8. The minimum atomic E-state index is 0.641. The van der Waals surface area contributed by atoms with E-state index in [9.17, 15) is 0 Å². The normalized spacial score (nSPS) is 18.2. The summed E-state index contributed by atoms with van der Waals surface area (Å²) in [5.74, 6) is 0. The third kappa shape index (κ3) is 6.19. The predicted molar refractivity (Wildman–Crippen MR) is 89.5 cm³/mol. The summed E-state index contributed by atoms with van der Waals surface area (Å²) in [5.41, 5.74) is 0. The van der Waals surface area contributed by atoms with Gasteiger partial charge in [-0.3, -0.25) is 0 Å². The van der Waals surface area contributed by atoms with Gasteiger partial charge in [0.1, 0.15) is 6.17 Å². The highest BCUT2D eigenvalue weighted by Crippen LogP contribution is 2.21. The van der Waals surface area contributed by atoms with Crippen molar-refractivity contribution in [3.63, 3.8) is 0 Å². The Kier molecular flexibility index (Phi) is 9.61. The van der Waals surface area contributed by atoms with Gasteiger partial charge in [-0.15, -0.1) is 0 Å². The minimum Gasteiger partial charge on any atom is -0.356 e. The van der Waals surface area contributed by atoms with Crippen LogP contribution in [0.15, 0.2) is 12.4 Å². The zero-order valence-corrected chi connectivity index (χ0v) is 14.1. The summed E-state index contributed by atoms with van der Waals surface area (Å²) in [5, 5.41) is 0. The van der Waals surface area contributed by atoms with Gasteiger partial charge in [0.05, 0.1) is 0 Å². The molecule has 0 spiro atoms. The highest BCUT2D eigenvalue weighted by atomic mass is 15.4. The second-order valence-electron chi connectivity index (χ2n) is 6.16. The van der Waals surface area contributed by atoms with E-state index in [0.717, 1.165) is 0 Å². The maximum absolute atomic E-state index is 2.58. The lowest BCUT2D eigenvalue weighted by atomic mass is 10.1. The maximum Gasteiger partial charge on any atom is 0.101 e. The fourth-order valence-electron chi connectivity index (χ4n) is 3.01. The van der Waals surface area contributed by atoms with Crippen LogP contribution in [-0.4, -0.2) is 29.1 Å². The highest BCUT2D eigenvalue weighted by Gasteiger charge is 2.24. The van der Waals surface area contributed by atoms with E-state index in [1.165, 1.54) is 77.3 Å². The Labute approximate surface area is 127 Å². The zero-order chi connectivity index (χ0) is 14.6. The van der Waals surface area contributed by atoms with Gasteiger partial charge in [0.15, 0.2) is 0 Å². The summed E-state index contributed by atoms with van der Waals surface area (Å²) in [4.78, 5) is 5.14. The van der Waals surface area contributed by atoms with Crippen molar-refractivity contribution in [1.82, 2.24) is 9.80 Å². The van der Waals surface area contributed by atoms with Gasteiger partial charge in [0.25, 0.3) is 0 Å². The van der Waals surface area contributed by atoms with Crippen molar-refractivity contribution in [2.75, 3.05) is 13.1 Å². The summed E-state index contributed by atoms with van der Waals surface area (Å²) >= 11 is 0. The van der Waals surface area contributed by atoms with Crippen LogP contribution in [0.1, 0.15) is 85.0 Å². The summed E-state index contributed by atoms with van der Waals surface area (Å²) in [6.45, 7) is 9.35. The van der Waals surface area contributed by atoms with Crippen LogP contribution in [0.3, 0.4) is 0 Å². The van der Waals surface area contributed by atoms with E-state index in [0.29, 0.717) is 6.17 Å². The molecule has 0 amide bonds. The molecule has 20 heavy (non-hydrogen) atoms. The number of unbranched alkanes of at least 4 members (excludes halogenated alkanes) is 6. The van der Waals surface area contributed by atoms with Crippen molar-refractivity contribution in [1.29, 1.82) is 0 Å². The van der Waals surface area contributed by atoms with Crippen molar-refractivity contribution in [2.24, 2.45) is 0 Å². The van der Waals surface area contributed by atoms with Gasteiger partial charge in [-0.05, 0) is 19.3 Å². The maximum atomic E-state index is 2.58. The van der Waals surface area contributed by atoms with Crippen LogP contribution in [-0.2, 0) is 0 Å². The van der Waals surface area contributed by atoms with Crippen LogP contribution in [0, 0.1) is 0 Å². The molecule has 0 saturated heterocycles. The molecule has 0 saturated carbocycles. The molecule has 0 bridgehead atoms. The predicted octanol–water partition coefficient (Wildman–Crippen LogP) is 5.36. The van der Waals surface area contributed by atoms with Crippen LogP contribution in [0.4, 0.5) is 0 Å². The van der Waals surface area contributed by atoms with Gasteiger partial charge in [0, 0.05) is 25.5 Å². The molecule has 0 radical (unpaired) electrons. The first kappa shape index (κ1) is 17.4. The molecule has 0 fully saturated rings. The number of hydrogen-bond acceptors (Lipinski definition) is 2. The van der Waals surface area contributed by atoms with Crippen molar-refractivity contribution >= 4 is 0 Å². The molecule has 1 atom stereocenters. The molecule has 0 aliphatic carbocycles. The van der Waals surface area contributed by atoms with Crippen LogP contribution >= 0.6 is 0 Å². The Hall–Kier alpha value is -0.660. The minimum absolute atomic E-state index is 0.641. The molecule has 1 rings (SSSR count). The third-order valence-electron chi connectivity index (χ3n) is 4.30. The van der Waals surface area contributed by atoms with E-state index in [1.807, 2.05) is 0 Å². The Morgan fingerprint density at radius 2 is 1.20 bits per heavy atom. The molecule has 1 aliphatic rings. The van der Waals surface area contributed by atoms with E-state index >= 15 is 0 Å². The molecule has 0 aromatic carbocycles. The molecule has 2 heteroatoms. The van der Waals surface area contributed by atoms with E-state index in [4.69, 9.17) is 0 Å². The molecule has 1 unspecified atom stereocenters. The Balaban J connectivity index is 2.24. The number of hydrogen-bond donors (Lipinski definition) is 0. The number of rotatable bonds is 12. The first-order chi connectivity index (χ1) is 9.83. The molecular formula is C18H36N2. The van der Waals surface area contributed by atoms with Gasteiger partial charge >= 0.3 is 0 Å². The van der Waals surface area contributed by atoms with Crippen molar-refractivity contribution < 1.29 is 0 Å². The molecule has 0 aromatic rings. The monoisotopic (exact) mass is 280 g/mol. The molecule has 1 aliphatic heterocycles. The Morgan fingerprint density at radius 1 is 0.650 bits per heavy atom. The van der Waals surface area contributed by atoms with Crippen molar-refractivity contribution in [3.8, 4) is 0 Å². The van der Waals surface area contributed by atoms with E-state index in [2.05, 4.69) is 43.0 Å². The Bertz CT molecular complexity index is 250. The summed E-state index contributed by atoms with van der Waals surface area (Å²) < 4.78 is 0. The van der Waals surface area contributed by atoms with E-state index in [-0.39, 0.29) is 0 Å². The van der Waals surface area contributed by atoms with E-state index in [1.54, 1.807) is 0 Å². The molecule has 1 heterocycles. The second kappa shape index (κ2) is 11.0. The van der Waals surface area contributed by atoms with Crippen molar-refractivity contribution in [3.05, 3.63) is 12.4 Å². The van der Waals surface area contributed by atoms with Crippen LogP contribution in [0.5, 0.6) is 0 Å². The lowest BCUT2D eigenvalue weighted by Gasteiger charge is -2.32. The average Bonchev–Trinajstić information content (AvgIpc) is 2.83. The Morgan fingerprint density at radius 3 is 1.80 bits per heavy atom. The highest BCUT2D eigenvalue weighted by molar-refractivity contribution is 4.96. The fourth-order valence-corrected chi connectivity index (χ4v) is 3.01. The first-order valence-electron chi connectivity index (χ1n) is 9.03. The van der Waals surface area contributed by atoms with Gasteiger partial charge in [-0.2, -0.15) is 0 Å².